The summed E-state index contributed by atoms with van der Waals surface area (Å²) >= 11 is 0. The summed E-state index contributed by atoms with van der Waals surface area (Å²) in [5.41, 5.74) is 1.24. The van der Waals surface area contributed by atoms with E-state index >= 15 is 0 Å². The number of para-hydroxylation sites is 1. The van der Waals surface area contributed by atoms with Gasteiger partial charge in [-0.1, -0.05) is 31.0 Å². The van der Waals surface area contributed by atoms with Crippen LogP contribution in [0.15, 0.2) is 36.7 Å². The fourth-order valence-electron chi connectivity index (χ4n) is 4.08. The van der Waals surface area contributed by atoms with Crippen molar-refractivity contribution in [1.82, 2.24) is 9.97 Å². The van der Waals surface area contributed by atoms with Crippen molar-refractivity contribution in [3.8, 4) is 0 Å². The largest absolute Gasteiger partial charge is 0.368 e. The zero-order valence-corrected chi connectivity index (χ0v) is 16.0. The average molecular weight is 382 g/mol. The van der Waals surface area contributed by atoms with Crippen LogP contribution in [0.4, 0.5) is 23.0 Å². The number of nitrogens with zero attached hydrogens (tertiary/aromatic N) is 6. The molecule has 148 valence electrons. The van der Waals surface area contributed by atoms with Crippen LogP contribution in [0.5, 0.6) is 0 Å². The Kier molecular flexibility index (Phi) is 5.55. The van der Waals surface area contributed by atoms with Gasteiger partial charge in [-0.15, -0.1) is 0 Å². The van der Waals surface area contributed by atoms with Crippen LogP contribution in [0, 0.1) is 10.1 Å². The van der Waals surface area contributed by atoms with Crippen LogP contribution < -0.4 is 14.7 Å². The van der Waals surface area contributed by atoms with E-state index in [0.29, 0.717) is 24.7 Å². The molecule has 8 heteroatoms. The second-order valence-corrected chi connectivity index (χ2v) is 7.34. The Morgan fingerprint density at radius 1 is 0.750 bits per heavy atom. The monoisotopic (exact) mass is 382 g/mol. The van der Waals surface area contributed by atoms with Crippen molar-refractivity contribution in [3.63, 3.8) is 0 Å². The molecule has 28 heavy (non-hydrogen) atoms. The Morgan fingerprint density at radius 3 is 1.86 bits per heavy atom. The molecule has 0 unspecified atom stereocenters. The molecule has 2 aliphatic heterocycles. The molecule has 2 fully saturated rings. The second-order valence-electron chi connectivity index (χ2n) is 7.34. The van der Waals surface area contributed by atoms with Gasteiger partial charge in [0.05, 0.1) is 4.92 Å². The maximum absolute atomic E-state index is 12.0. The van der Waals surface area contributed by atoms with Crippen molar-refractivity contribution in [3.05, 3.63) is 46.8 Å². The minimum absolute atomic E-state index is 0.0533. The molecule has 0 spiro atoms. The van der Waals surface area contributed by atoms with Crippen molar-refractivity contribution in [2.75, 3.05) is 54.0 Å². The van der Waals surface area contributed by atoms with Crippen molar-refractivity contribution < 1.29 is 4.92 Å². The fourth-order valence-corrected chi connectivity index (χ4v) is 4.08. The first kappa shape index (κ1) is 18.5. The molecule has 4 rings (SSSR count). The van der Waals surface area contributed by atoms with Crippen LogP contribution in [0.3, 0.4) is 0 Å². The summed E-state index contributed by atoms with van der Waals surface area (Å²) in [6, 6.07) is 10.3. The lowest BCUT2D eigenvalue weighted by Crippen LogP contribution is -2.47. The smallest absolute Gasteiger partial charge is 0.353 e. The van der Waals surface area contributed by atoms with Gasteiger partial charge >= 0.3 is 5.69 Å². The second kappa shape index (κ2) is 8.41. The van der Waals surface area contributed by atoms with Crippen molar-refractivity contribution in [1.29, 1.82) is 0 Å². The zero-order chi connectivity index (χ0) is 19.3. The standard InChI is InChI=1S/C20H26N6O2/c27-26(28)18-19(24-10-6-1-2-7-11-24)21-16-22-20(18)25-14-12-23(13-15-25)17-8-4-3-5-9-17/h3-5,8-9,16H,1-2,6-7,10-15H2. The molecule has 0 atom stereocenters. The molecule has 0 N–H and O–H groups in total. The lowest BCUT2D eigenvalue weighted by molar-refractivity contribution is -0.383. The zero-order valence-electron chi connectivity index (χ0n) is 16.0. The van der Waals surface area contributed by atoms with Crippen molar-refractivity contribution in [2.45, 2.75) is 25.7 Å². The number of nitro groups is 1. The number of rotatable bonds is 4. The highest BCUT2D eigenvalue weighted by Gasteiger charge is 2.31. The molecule has 8 nitrogen and oxygen atoms in total. The van der Waals surface area contributed by atoms with Gasteiger partial charge in [-0.05, 0) is 25.0 Å². The molecule has 2 saturated heterocycles. The van der Waals surface area contributed by atoms with Gasteiger partial charge in [-0.3, -0.25) is 10.1 Å². The normalized spacial score (nSPS) is 18.1. The van der Waals surface area contributed by atoms with Crippen LogP contribution in [0.25, 0.3) is 0 Å². The predicted molar refractivity (Wildman–Crippen MR) is 110 cm³/mol. The summed E-state index contributed by atoms with van der Waals surface area (Å²) in [7, 11) is 0. The third kappa shape index (κ3) is 3.85. The van der Waals surface area contributed by atoms with E-state index in [0.717, 1.165) is 39.0 Å². The van der Waals surface area contributed by atoms with Gasteiger partial charge in [0.2, 0.25) is 11.6 Å². The summed E-state index contributed by atoms with van der Waals surface area (Å²) in [6.45, 7) is 4.66. The number of hydrogen-bond acceptors (Lipinski definition) is 7. The lowest BCUT2D eigenvalue weighted by Gasteiger charge is -2.36. The highest BCUT2D eigenvalue weighted by molar-refractivity contribution is 5.71. The minimum atomic E-state index is -0.306. The molecule has 0 bridgehead atoms. The number of benzene rings is 1. The van der Waals surface area contributed by atoms with Crippen LogP contribution in [0.2, 0.25) is 0 Å². The SMILES string of the molecule is O=[N+]([O-])c1c(N2CCCCCC2)ncnc1N1CCN(c2ccccc2)CC1. The number of aromatic nitrogens is 2. The van der Waals surface area contributed by atoms with E-state index < -0.39 is 0 Å². The molecule has 0 amide bonds. The molecule has 2 aliphatic rings. The Balaban J connectivity index is 1.56. The summed E-state index contributed by atoms with van der Waals surface area (Å²) < 4.78 is 0. The van der Waals surface area contributed by atoms with Gasteiger partial charge in [0.1, 0.15) is 6.33 Å². The number of hydrogen-bond donors (Lipinski definition) is 0. The number of piperazine rings is 1. The van der Waals surface area contributed by atoms with E-state index in [1.54, 1.807) is 0 Å². The minimum Gasteiger partial charge on any atom is -0.368 e. The van der Waals surface area contributed by atoms with Gasteiger partial charge in [0, 0.05) is 45.0 Å². The third-order valence-electron chi connectivity index (χ3n) is 5.57. The lowest BCUT2D eigenvalue weighted by atomic mass is 10.2. The molecule has 1 aromatic carbocycles. The van der Waals surface area contributed by atoms with E-state index in [4.69, 9.17) is 0 Å². The van der Waals surface area contributed by atoms with E-state index in [-0.39, 0.29) is 10.6 Å². The maximum Gasteiger partial charge on any atom is 0.353 e. The highest BCUT2D eigenvalue weighted by atomic mass is 16.6. The summed E-state index contributed by atoms with van der Waals surface area (Å²) in [6.07, 6.45) is 5.91. The Labute approximate surface area is 164 Å². The van der Waals surface area contributed by atoms with E-state index in [2.05, 4.69) is 31.9 Å². The van der Waals surface area contributed by atoms with Crippen LogP contribution in [-0.4, -0.2) is 54.2 Å². The third-order valence-corrected chi connectivity index (χ3v) is 5.57. The first-order chi connectivity index (χ1) is 13.7. The quantitative estimate of drug-likeness (QED) is 0.594. The van der Waals surface area contributed by atoms with Crippen molar-refractivity contribution >= 4 is 23.0 Å². The number of anilines is 3. The average Bonchev–Trinajstić information content (AvgIpc) is 3.03. The topological polar surface area (TPSA) is 78.6 Å². The van der Waals surface area contributed by atoms with Crippen molar-refractivity contribution in [2.24, 2.45) is 0 Å². The van der Waals surface area contributed by atoms with Gasteiger partial charge in [0.25, 0.3) is 0 Å². The van der Waals surface area contributed by atoms with Crippen LogP contribution in [-0.2, 0) is 0 Å². The van der Waals surface area contributed by atoms with Gasteiger partial charge in [-0.25, -0.2) is 9.97 Å². The molecule has 0 aliphatic carbocycles. The summed E-state index contributed by atoms with van der Waals surface area (Å²) in [5, 5.41) is 12.0. The van der Waals surface area contributed by atoms with Gasteiger partial charge in [0.15, 0.2) is 0 Å². The van der Waals surface area contributed by atoms with E-state index in [1.165, 1.54) is 24.9 Å². The van der Waals surface area contributed by atoms with Crippen LogP contribution in [0.1, 0.15) is 25.7 Å². The molecular formula is C20H26N6O2. The predicted octanol–water partition coefficient (Wildman–Crippen LogP) is 3.09. The van der Waals surface area contributed by atoms with Gasteiger partial charge < -0.3 is 14.7 Å². The summed E-state index contributed by atoms with van der Waals surface area (Å²) in [5.74, 6) is 0.925. The summed E-state index contributed by atoms with van der Waals surface area (Å²) in [4.78, 5) is 26.7. The Bertz CT molecular complexity index is 800. The van der Waals surface area contributed by atoms with Gasteiger partial charge in [-0.2, -0.15) is 0 Å². The molecule has 0 saturated carbocycles. The van der Waals surface area contributed by atoms with Crippen LogP contribution >= 0.6 is 0 Å². The fraction of sp³-hybridized carbons (Fsp3) is 0.500. The molecule has 2 aromatic rings. The molecular weight excluding hydrogens is 356 g/mol. The van der Waals surface area contributed by atoms with E-state index in [1.807, 2.05) is 23.1 Å². The first-order valence-electron chi connectivity index (χ1n) is 10.0. The first-order valence-corrected chi connectivity index (χ1v) is 10.0. The Morgan fingerprint density at radius 2 is 1.29 bits per heavy atom. The Hall–Kier alpha value is -2.90. The molecule has 1 aromatic heterocycles. The molecule has 3 heterocycles. The maximum atomic E-state index is 12.0. The highest BCUT2D eigenvalue weighted by Crippen LogP contribution is 2.35. The van der Waals surface area contributed by atoms with E-state index in [9.17, 15) is 10.1 Å². The molecule has 0 radical (unpaired) electrons.